The number of ether oxygens (including phenoxy) is 1. The Kier molecular flexibility index (Phi) is 9.10. The molecule has 1 amide bonds. The third kappa shape index (κ3) is 7.37. The summed E-state index contributed by atoms with van der Waals surface area (Å²) >= 11 is 1.09. The van der Waals surface area contributed by atoms with Crippen LogP contribution in [0.5, 0.6) is 0 Å². The van der Waals surface area contributed by atoms with Crippen molar-refractivity contribution in [3.63, 3.8) is 0 Å². The molecule has 0 spiro atoms. The van der Waals surface area contributed by atoms with E-state index in [9.17, 15) is 14.4 Å². The number of rotatable bonds is 9. The Morgan fingerprint density at radius 2 is 1.67 bits per heavy atom. The predicted molar refractivity (Wildman–Crippen MR) is 116 cm³/mol. The number of nitrogens with one attached hydrogen (secondary N) is 1. The Labute approximate surface area is 180 Å². The van der Waals surface area contributed by atoms with Crippen molar-refractivity contribution < 1.29 is 19.1 Å². The highest BCUT2D eigenvalue weighted by atomic mass is 32.2. The zero-order chi connectivity index (χ0) is 21.9. The van der Waals surface area contributed by atoms with Gasteiger partial charge in [-0.1, -0.05) is 54.2 Å². The van der Waals surface area contributed by atoms with E-state index in [-0.39, 0.29) is 17.4 Å². The summed E-state index contributed by atoms with van der Waals surface area (Å²) in [4.78, 5) is 36.7. The van der Waals surface area contributed by atoms with Crippen molar-refractivity contribution in [1.82, 2.24) is 5.32 Å². The van der Waals surface area contributed by atoms with Gasteiger partial charge in [0.05, 0.1) is 24.7 Å². The van der Waals surface area contributed by atoms with Gasteiger partial charge in [-0.15, -0.1) is 0 Å². The maximum atomic E-state index is 13.0. The van der Waals surface area contributed by atoms with Gasteiger partial charge in [-0.2, -0.15) is 5.26 Å². The fourth-order valence-electron chi connectivity index (χ4n) is 2.92. The van der Waals surface area contributed by atoms with Crippen LogP contribution in [0.2, 0.25) is 0 Å². The lowest BCUT2D eigenvalue weighted by Crippen LogP contribution is -2.46. The maximum Gasteiger partial charge on any atom is 0.328 e. The standard InChI is InChI=1S/C23H24N2O4S/c1-16(26)30-15-20(12-17-6-4-3-5-7-17)22(27)25-21(23(28)29-2)13-18-8-10-19(14-24)11-9-18/h3-11,20-21H,12-13,15H2,1-2H3,(H,25,27)/t20-,21+/m1/s1. The second-order valence-corrected chi connectivity index (χ2v) is 7.98. The number of hydrogen-bond donors (Lipinski definition) is 1. The average molecular weight is 425 g/mol. The minimum atomic E-state index is -0.865. The van der Waals surface area contributed by atoms with E-state index < -0.39 is 17.9 Å². The molecule has 2 rings (SSSR count). The third-order valence-corrected chi connectivity index (χ3v) is 5.48. The summed E-state index contributed by atoms with van der Waals surface area (Å²) in [5.41, 5.74) is 2.28. The van der Waals surface area contributed by atoms with E-state index in [1.54, 1.807) is 24.3 Å². The Hall–Kier alpha value is -3.11. The molecule has 1 N–H and O–H groups in total. The molecule has 0 heterocycles. The number of benzene rings is 2. The summed E-state index contributed by atoms with van der Waals surface area (Å²) in [5, 5.41) is 11.6. The van der Waals surface area contributed by atoms with Crippen LogP contribution >= 0.6 is 11.8 Å². The molecule has 7 heteroatoms. The van der Waals surface area contributed by atoms with Crippen molar-refractivity contribution in [2.45, 2.75) is 25.8 Å². The first-order valence-electron chi connectivity index (χ1n) is 9.47. The number of thioether (sulfide) groups is 1. The van der Waals surface area contributed by atoms with Gasteiger partial charge in [-0.3, -0.25) is 9.59 Å². The van der Waals surface area contributed by atoms with Crippen LogP contribution in [0.3, 0.4) is 0 Å². The average Bonchev–Trinajstić information content (AvgIpc) is 2.76. The SMILES string of the molecule is COC(=O)[C@H](Cc1ccc(C#N)cc1)NC(=O)[C@@H](CSC(C)=O)Cc1ccccc1. The molecule has 0 saturated heterocycles. The molecule has 0 aliphatic heterocycles. The number of nitriles is 1. The lowest BCUT2D eigenvalue weighted by atomic mass is 9.98. The van der Waals surface area contributed by atoms with Crippen LogP contribution in [0.15, 0.2) is 54.6 Å². The number of carbonyl (C=O) groups excluding carboxylic acids is 3. The van der Waals surface area contributed by atoms with Crippen LogP contribution in [0.1, 0.15) is 23.6 Å². The van der Waals surface area contributed by atoms with Gasteiger partial charge in [0.15, 0.2) is 5.12 Å². The molecule has 0 aromatic heterocycles. The second kappa shape index (κ2) is 11.8. The Morgan fingerprint density at radius 3 is 2.23 bits per heavy atom. The quantitative estimate of drug-likeness (QED) is 0.622. The summed E-state index contributed by atoms with van der Waals surface area (Å²) in [7, 11) is 1.27. The highest BCUT2D eigenvalue weighted by molar-refractivity contribution is 8.13. The Morgan fingerprint density at radius 1 is 1.03 bits per heavy atom. The van der Waals surface area contributed by atoms with Gasteiger partial charge in [0.1, 0.15) is 6.04 Å². The van der Waals surface area contributed by atoms with Crippen LogP contribution in [0.25, 0.3) is 0 Å². The normalized spacial score (nSPS) is 12.3. The summed E-state index contributed by atoms with van der Waals surface area (Å²) in [5.74, 6) is -1.02. The molecule has 0 unspecified atom stereocenters. The predicted octanol–water partition coefficient (Wildman–Crippen LogP) is 2.90. The van der Waals surface area contributed by atoms with Crippen molar-refractivity contribution in [2.75, 3.05) is 12.9 Å². The fourth-order valence-corrected chi connectivity index (χ4v) is 3.63. The van der Waals surface area contributed by atoms with Crippen molar-refractivity contribution in [3.05, 3.63) is 71.3 Å². The van der Waals surface area contributed by atoms with E-state index in [4.69, 9.17) is 10.00 Å². The van der Waals surface area contributed by atoms with Gasteiger partial charge in [0.2, 0.25) is 5.91 Å². The Balaban J connectivity index is 2.14. The van der Waals surface area contributed by atoms with E-state index in [2.05, 4.69) is 5.32 Å². The number of methoxy groups -OCH3 is 1. The fraction of sp³-hybridized carbons (Fsp3) is 0.304. The minimum absolute atomic E-state index is 0.0667. The monoisotopic (exact) mass is 424 g/mol. The van der Waals surface area contributed by atoms with Crippen molar-refractivity contribution in [3.8, 4) is 6.07 Å². The minimum Gasteiger partial charge on any atom is -0.467 e. The van der Waals surface area contributed by atoms with E-state index in [0.717, 1.165) is 22.9 Å². The zero-order valence-electron chi connectivity index (χ0n) is 17.0. The molecular weight excluding hydrogens is 400 g/mol. The molecule has 0 saturated carbocycles. The molecule has 0 radical (unpaired) electrons. The molecule has 6 nitrogen and oxygen atoms in total. The summed E-state index contributed by atoms with van der Waals surface area (Å²) < 4.78 is 4.86. The molecule has 2 atom stereocenters. The molecule has 2 aromatic carbocycles. The van der Waals surface area contributed by atoms with Gasteiger partial charge in [-0.05, 0) is 29.7 Å². The van der Waals surface area contributed by atoms with Crippen LogP contribution in [0, 0.1) is 17.2 Å². The molecule has 0 aliphatic rings. The number of nitrogens with zero attached hydrogens (tertiary/aromatic N) is 1. The molecule has 0 aliphatic carbocycles. The van der Waals surface area contributed by atoms with Gasteiger partial charge in [-0.25, -0.2) is 4.79 Å². The van der Waals surface area contributed by atoms with Gasteiger partial charge in [0.25, 0.3) is 0 Å². The van der Waals surface area contributed by atoms with Crippen LogP contribution in [-0.2, 0) is 32.0 Å². The van der Waals surface area contributed by atoms with Gasteiger partial charge in [0, 0.05) is 19.1 Å². The summed E-state index contributed by atoms with van der Waals surface area (Å²) in [6.45, 7) is 1.46. The number of carbonyl (C=O) groups is 3. The highest BCUT2D eigenvalue weighted by Crippen LogP contribution is 2.17. The summed E-state index contributed by atoms with van der Waals surface area (Å²) in [6, 6.07) is 17.5. The molecular formula is C23H24N2O4S. The summed E-state index contributed by atoms with van der Waals surface area (Å²) in [6.07, 6.45) is 0.694. The molecule has 2 aromatic rings. The van der Waals surface area contributed by atoms with E-state index >= 15 is 0 Å². The lowest BCUT2D eigenvalue weighted by molar-refractivity contribution is -0.145. The first-order valence-corrected chi connectivity index (χ1v) is 10.5. The van der Waals surface area contributed by atoms with Gasteiger partial charge >= 0.3 is 5.97 Å². The van der Waals surface area contributed by atoms with Crippen LogP contribution in [-0.4, -0.2) is 35.9 Å². The highest BCUT2D eigenvalue weighted by Gasteiger charge is 2.27. The van der Waals surface area contributed by atoms with E-state index in [1.807, 2.05) is 36.4 Å². The molecule has 0 fully saturated rings. The number of hydrogen-bond acceptors (Lipinski definition) is 6. The smallest absolute Gasteiger partial charge is 0.328 e. The Bertz CT molecular complexity index is 907. The van der Waals surface area contributed by atoms with Crippen LogP contribution in [0.4, 0.5) is 0 Å². The first kappa shape index (κ1) is 23.2. The van der Waals surface area contributed by atoms with Crippen LogP contribution < -0.4 is 5.32 Å². The molecule has 30 heavy (non-hydrogen) atoms. The van der Waals surface area contributed by atoms with Gasteiger partial charge < -0.3 is 10.1 Å². The molecule has 156 valence electrons. The number of esters is 1. The van der Waals surface area contributed by atoms with E-state index in [1.165, 1.54) is 14.0 Å². The van der Waals surface area contributed by atoms with Crippen molar-refractivity contribution in [2.24, 2.45) is 5.92 Å². The van der Waals surface area contributed by atoms with E-state index in [0.29, 0.717) is 17.7 Å². The second-order valence-electron chi connectivity index (χ2n) is 6.79. The zero-order valence-corrected chi connectivity index (χ0v) is 17.8. The third-order valence-electron chi connectivity index (χ3n) is 4.51. The molecule has 0 bridgehead atoms. The topological polar surface area (TPSA) is 96.3 Å². The maximum absolute atomic E-state index is 13.0. The lowest BCUT2D eigenvalue weighted by Gasteiger charge is -2.21. The van der Waals surface area contributed by atoms with Crippen molar-refractivity contribution in [1.29, 1.82) is 5.26 Å². The van der Waals surface area contributed by atoms with Crippen molar-refractivity contribution >= 4 is 28.8 Å². The largest absolute Gasteiger partial charge is 0.467 e. The number of amides is 1. The first-order chi connectivity index (χ1) is 14.4.